The predicted octanol–water partition coefficient (Wildman–Crippen LogP) is 1.65. The van der Waals surface area contributed by atoms with Gasteiger partial charge in [0.2, 0.25) is 0 Å². The van der Waals surface area contributed by atoms with Gasteiger partial charge in [-0.3, -0.25) is 0 Å². The Labute approximate surface area is 318 Å². The first-order chi connectivity index (χ1) is 26.6. The number of hydrogen-bond acceptors (Lipinski definition) is 18. The first-order valence-corrected chi connectivity index (χ1v) is 17.5. The van der Waals surface area contributed by atoms with Crippen LogP contribution in [0.1, 0.15) is 33.7 Å². The third-order valence-corrected chi connectivity index (χ3v) is 7.92. The highest BCUT2D eigenvalue weighted by molar-refractivity contribution is 5.89. The zero-order chi connectivity index (χ0) is 39.6. The average molecular weight is 775 g/mol. The normalized spacial score (nSPS) is 16.7. The van der Waals surface area contributed by atoms with Gasteiger partial charge in [-0.2, -0.15) is 0 Å². The summed E-state index contributed by atoms with van der Waals surface area (Å²) in [5.74, 6) is 2.38. The zero-order valence-electron chi connectivity index (χ0n) is 30.3. The van der Waals surface area contributed by atoms with Crippen LogP contribution in [0.15, 0.2) is 66.5 Å². The summed E-state index contributed by atoms with van der Waals surface area (Å²) in [5.41, 5.74) is 12.0. The fourth-order valence-corrected chi connectivity index (χ4v) is 5.36. The summed E-state index contributed by atoms with van der Waals surface area (Å²) in [7, 11) is 0. The number of benzene rings is 3. The first-order valence-electron chi connectivity index (χ1n) is 17.5. The fourth-order valence-electron chi connectivity index (χ4n) is 5.36. The van der Waals surface area contributed by atoms with Crippen molar-refractivity contribution in [2.75, 3.05) is 85.8 Å². The molecule has 0 amide bonds. The van der Waals surface area contributed by atoms with Crippen LogP contribution in [0.25, 0.3) is 0 Å². The van der Waals surface area contributed by atoms with Crippen molar-refractivity contribution in [3.05, 3.63) is 83.2 Å². The smallest absolute Gasteiger partial charge is 0.338 e. The van der Waals surface area contributed by atoms with Gasteiger partial charge in [0.25, 0.3) is 0 Å². The third-order valence-electron chi connectivity index (χ3n) is 7.92. The Morgan fingerprint density at radius 2 is 1.33 bits per heavy atom. The minimum absolute atomic E-state index is 0.0287. The number of nitrogens with two attached hydrogens (primary N) is 3. The van der Waals surface area contributed by atoms with Gasteiger partial charge in [0, 0.05) is 30.4 Å². The number of aromatic hydroxyl groups is 5. The number of carbonyl (C=O) groups excluding carboxylic acids is 1. The quantitative estimate of drug-likeness (QED) is 0.0211. The SMILES string of the molecule is NCCOCCOCCOCCOCCOCCN(N)/C=C(\N)COC1c2c(O)cc(O)cc2OC(c2cc(O)c(O)c(O)c2)C1OC(=O)c1ccccc1. The lowest BCUT2D eigenvalue weighted by Gasteiger charge is -2.39. The van der Waals surface area contributed by atoms with E-state index in [1.807, 2.05) is 0 Å². The van der Waals surface area contributed by atoms with Gasteiger partial charge in [-0.15, -0.1) is 0 Å². The Morgan fingerprint density at radius 1 is 0.764 bits per heavy atom. The number of phenolic OH excluding ortho intramolecular Hbond substituents is 5. The van der Waals surface area contributed by atoms with E-state index in [-0.39, 0.29) is 53.6 Å². The molecule has 0 saturated heterocycles. The fraction of sp³-hybridized carbons (Fsp3) is 0.432. The number of rotatable bonds is 24. The Kier molecular flexibility index (Phi) is 17.4. The molecule has 0 saturated carbocycles. The van der Waals surface area contributed by atoms with Crippen LogP contribution >= 0.6 is 0 Å². The number of hydrogen-bond donors (Lipinski definition) is 8. The molecule has 0 bridgehead atoms. The Hall–Kier alpha value is -5.05. The number of phenols is 5. The highest BCUT2D eigenvalue weighted by atomic mass is 16.6. The van der Waals surface area contributed by atoms with Gasteiger partial charge in [-0.05, 0) is 24.3 Å². The van der Waals surface area contributed by atoms with E-state index in [0.29, 0.717) is 66.0 Å². The molecule has 0 aliphatic carbocycles. The Balaban J connectivity index is 1.32. The summed E-state index contributed by atoms with van der Waals surface area (Å²) in [6.07, 6.45) is -2.55. The molecular formula is C37H50N4O14. The molecule has 3 unspecified atom stereocenters. The monoisotopic (exact) mass is 774 g/mol. The minimum Gasteiger partial charge on any atom is -0.508 e. The lowest BCUT2D eigenvalue weighted by atomic mass is 9.90. The maximum Gasteiger partial charge on any atom is 0.338 e. The molecule has 55 heavy (non-hydrogen) atoms. The molecule has 0 fully saturated rings. The summed E-state index contributed by atoms with van der Waals surface area (Å²) >= 11 is 0. The molecule has 11 N–H and O–H groups in total. The zero-order valence-corrected chi connectivity index (χ0v) is 30.3. The molecule has 3 aromatic rings. The molecule has 0 spiro atoms. The number of carbonyl (C=O) groups is 1. The average Bonchev–Trinajstić information content (AvgIpc) is 3.16. The number of nitrogens with zero attached hydrogens (tertiary/aromatic N) is 1. The summed E-state index contributed by atoms with van der Waals surface area (Å²) in [6, 6.07) is 12.6. The first kappa shape index (κ1) is 42.7. The maximum absolute atomic E-state index is 13.4. The van der Waals surface area contributed by atoms with Crippen molar-refractivity contribution in [2.24, 2.45) is 17.3 Å². The lowest BCUT2D eigenvalue weighted by molar-refractivity contribution is -0.106. The molecule has 1 heterocycles. The van der Waals surface area contributed by atoms with Crippen molar-refractivity contribution in [3.63, 3.8) is 0 Å². The van der Waals surface area contributed by atoms with Gasteiger partial charge < -0.3 is 79.9 Å². The largest absolute Gasteiger partial charge is 0.508 e. The molecule has 18 nitrogen and oxygen atoms in total. The molecule has 4 rings (SSSR count). The van der Waals surface area contributed by atoms with Crippen molar-refractivity contribution in [1.82, 2.24) is 5.01 Å². The van der Waals surface area contributed by atoms with E-state index in [2.05, 4.69) is 0 Å². The van der Waals surface area contributed by atoms with E-state index in [4.69, 9.17) is 55.2 Å². The van der Waals surface area contributed by atoms with Gasteiger partial charge in [-0.1, -0.05) is 18.2 Å². The van der Waals surface area contributed by atoms with Crippen LogP contribution in [0.2, 0.25) is 0 Å². The van der Waals surface area contributed by atoms with Gasteiger partial charge in [-0.25, -0.2) is 10.6 Å². The van der Waals surface area contributed by atoms with E-state index in [0.717, 1.165) is 18.2 Å². The van der Waals surface area contributed by atoms with Crippen molar-refractivity contribution in [2.45, 2.75) is 18.3 Å². The Bertz CT molecular complexity index is 1640. The molecule has 0 aromatic heterocycles. The number of hydrazine groups is 1. The summed E-state index contributed by atoms with van der Waals surface area (Å²) in [6.45, 7) is 4.58. The van der Waals surface area contributed by atoms with Crippen LogP contribution < -0.4 is 22.0 Å². The standard InChI is InChI=1S/C37H50N4O14/c38-6-8-48-10-12-50-14-16-52-17-15-51-13-11-49-9-7-41(40)22-26(39)23-53-35-32-28(43)20-27(42)21-31(32)54-34(25-18-29(44)33(46)30(45)19-25)36(35)55-37(47)24-4-2-1-3-5-24/h1-5,18-22,34-36,42-46H,6-17,23,38-40H2/b26-22-. The molecule has 18 heteroatoms. The van der Waals surface area contributed by atoms with Gasteiger partial charge in [0.15, 0.2) is 29.5 Å². The van der Waals surface area contributed by atoms with E-state index in [9.17, 15) is 30.3 Å². The molecule has 0 radical (unpaired) electrons. The van der Waals surface area contributed by atoms with Gasteiger partial charge >= 0.3 is 5.97 Å². The minimum atomic E-state index is -1.38. The summed E-state index contributed by atoms with van der Waals surface area (Å²) in [4.78, 5) is 13.4. The topological polar surface area (TPSA) is 273 Å². The lowest BCUT2D eigenvalue weighted by Crippen LogP contribution is -2.40. The Morgan fingerprint density at radius 3 is 1.91 bits per heavy atom. The highest BCUT2D eigenvalue weighted by Gasteiger charge is 2.45. The molecule has 1 aliphatic rings. The van der Waals surface area contributed by atoms with Crippen molar-refractivity contribution >= 4 is 5.97 Å². The van der Waals surface area contributed by atoms with Gasteiger partial charge in [0.05, 0.1) is 96.0 Å². The second kappa shape index (κ2) is 22.4. The van der Waals surface area contributed by atoms with Crippen LogP contribution in [-0.2, 0) is 33.2 Å². The molecule has 3 atom stereocenters. The highest BCUT2D eigenvalue weighted by Crippen LogP contribution is 2.51. The van der Waals surface area contributed by atoms with E-state index < -0.39 is 47.3 Å². The van der Waals surface area contributed by atoms with Gasteiger partial charge in [0.1, 0.15) is 23.4 Å². The van der Waals surface area contributed by atoms with Crippen LogP contribution in [-0.4, -0.2) is 128 Å². The number of fused-ring (bicyclic) bond motifs is 1. The summed E-state index contributed by atoms with van der Waals surface area (Å²) < 4.78 is 45.3. The maximum atomic E-state index is 13.4. The predicted molar refractivity (Wildman–Crippen MR) is 195 cm³/mol. The third kappa shape index (κ3) is 13.3. The van der Waals surface area contributed by atoms with Crippen LogP contribution in [0.3, 0.4) is 0 Å². The molecule has 3 aromatic carbocycles. The van der Waals surface area contributed by atoms with E-state index >= 15 is 0 Å². The van der Waals surface area contributed by atoms with Crippen LogP contribution in [0.4, 0.5) is 0 Å². The van der Waals surface area contributed by atoms with Crippen LogP contribution in [0.5, 0.6) is 34.5 Å². The van der Waals surface area contributed by atoms with Crippen molar-refractivity contribution in [1.29, 1.82) is 0 Å². The van der Waals surface area contributed by atoms with E-state index in [1.165, 1.54) is 29.4 Å². The van der Waals surface area contributed by atoms with Crippen LogP contribution in [0, 0.1) is 0 Å². The second-order valence-electron chi connectivity index (χ2n) is 12.1. The second-order valence-corrected chi connectivity index (χ2v) is 12.1. The number of esters is 1. The van der Waals surface area contributed by atoms with Crippen molar-refractivity contribution < 1.29 is 68.2 Å². The van der Waals surface area contributed by atoms with Crippen molar-refractivity contribution in [3.8, 4) is 34.5 Å². The summed E-state index contributed by atoms with van der Waals surface area (Å²) in [5, 5.41) is 53.1. The molecule has 1 aliphatic heterocycles. The van der Waals surface area contributed by atoms with E-state index in [1.54, 1.807) is 18.2 Å². The molecule has 302 valence electrons. The number of ether oxygens (including phenoxy) is 8. The molecular weight excluding hydrogens is 724 g/mol.